The van der Waals surface area contributed by atoms with Gasteiger partial charge in [-0.15, -0.1) is 0 Å². The maximum atomic E-state index is 10.9. The van der Waals surface area contributed by atoms with Crippen LogP contribution in [0.15, 0.2) is 18.3 Å². The average Bonchev–Trinajstić information content (AvgIpc) is 2.47. The van der Waals surface area contributed by atoms with E-state index in [1.54, 1.807) is 6.92 Å². The van der Waals surface area contributed by atoms with E-state index in [1.165, 1.54) is 5.56 Å². The third-order valence-corrected chi connectivity index (χ3v) is 4.32. The summed E-state index contributed by atoms with van der Waals surface area (Å²) in [5, 5.41) is 2.92. The van der Waals surface area contributed by atoms with Crippen molar-refractivity contribution in [2.75, 3.05) is 30.8 Å². The van der Waals surface area contributed by atoms with Crippen molar-refractivity contribution < 1.29 is 4.79 Å². The first-order valence-corrected chi connectivity index (χ1v) is 8.51. The molecule has 0 saturated carbocycles. The van der Waals surface area contributed by atoms with Gasteiger partial charge in [0.05, 0.1) is 0 Å². The van der Waals surface area contributed by atoms with Gasteiger partial charge in [0.15, 0.2) is 0 Å². The number of thioether (sulfide) groups is 1. The Morgan fingerprint density at radius 1 is 1.45 bits per heavy atom. The van der Waals surface area contributed by atoms with E-state index in [-0.39, 0.29) is 5.91 Å². The Morgan fingerprint density at radius 2 is 2.20 bits per heavy atom. The standard InChI is InChI=1S/C15H23N3OS/c1-12(19)16-9-13-5-7-18(8-6-13)15-4-3-14(10-17-15)11-20-2/h3-4,10,13H,5-9,11H2,1-2H3,(H,16,19). The van der Waals surface area contributed by atoms with E-state index in [0.29, 0.717) is 5.92 Å². The monoisotopic (exact) mass is 293 g/mol. The summed E-state index contributed by atoms with van der Waals surface area (Å²) in [7, 11) is 0. The Bertz CT molecular complexity index is 427. The van der Waals surface area contributed by atoms with E-state index in [0.717, 1.165) is 44.0 Å². The molecule has 1 aliphatic heterocycles. The van der Waals surface area contributed by atoms with E-state index in [4.69, 9.17) is 0 Å². The number of hydrogen-bond donors (Lipinski definition) is 1. The summed E-state index contributed by atoms with van der Waals surface area (Å²) < 4.78 is 0. The number of carbonyl (C=O) groups is 1. The van der Waals surface area contributed by atoms with Crippen molar-refractivity contribution in [3.63, 3.8) is 0 Å². The quantitative estimate of drug-likeness (QED) is 0.905. The summed E-state index contributed by atoms with van der Waals surface area (Å²) in [4.78, 5) is 17.8. The number of rotatable bonds is 5. The molecule has 1 saturated heterocycles. The normalized spacial score (nSPS) is 16.2. The molecule has 1 fully saturated rings. The molecule has 0 aliphatic carbocycles. The Kier molecular flexibility index (Phi) is 5.71. The van der Waals surface area contributed by atoms with Crippen molar-refractivity contribution in [3.05, 3.63) is 23.9 Å². The van der Waals surface area contributed by atoms with Gasteiger partial charge in [-0.3, -0.25) is 4.79 Å². The van der Waals surface area contributed by atoms with E-state index < -0.39 is 0 Å². The molecule has 4 nitrogen and oxygen atoms in total. The van der Waals surface area contributed by atoms with Crippen molar-refractivity contribution in [2.24, 2.45) is 5.92 Å². The minimum absolute atomic E-state index is 0.0680. The molecule has 1 aromatic heterocycles. The fourth-order valence-electron chi connectivity index (χ4n) is 2.51. The number of aromatic nitrogens is 1. The van der Waals surface area contributed by atoms with Crippen LogP contribution in [0.3, 0.4) is 0 Å². The molecular formula is C15H23N3OS. The maximum absolute atomic E-state index is 10.9. The zero-order valence-corrected chi connectivity index (χ0v) is 13.1. The van der Waals surface area contributed by atoms with Gasteiger partial charge >= 0.3 is 0 Å². The van der Waals surface area contributed by atoms with Crippen LogP contribution < -0.4 is 10.2 Å². The number of nitrogens with one attached hydrogen (secondary N) is 1. The van der Waals surface area contributed by atoms with Crippen LogP contribution in [0.5, 0.6) is 0 Å². The second-order valence-corrected chi connectivity index (χ2v) is 6.19. The van der Waals surface area contributed by atoms with E-state index in [9.17, 15) is 4.79 Å². The Morgan fingerprint density at radius 3 is 2.75 bits per heavy atom. The smallest absolute Gasteiger partial charge is 0.216 e. The lowest BCUT2D eigenvalue weighted by Crippen LogP contribution is -2.38. The molecule has 2 rings (SSSR count). The highest BCUT2D eigenvalue weighted by Crippen LogP contribution is 2.22. The molecule has 0 atom stereocenters. The molecule has 2 heterocycles. The van der Waals surface area contributed by atoms with Crippen LogP contribution in [-0.2, 0) is 10.5 Å². The molecule has 1 amide bonds. The number of amides is 1. The lowest BCUT2D eigenvalue weighted by molar-refractivity contribution is -0.119. The van der Waals surface area contributed by atoms with Crippen LogP contribution in [0.25, 0.3) is 0 Å². The lowest BCUT2D eigenvalue weighted by Gasteiger charge is -2.32. The Labute approximate surface area is 125 Å². The first-order valence-electron chi connectivity index (χ1n) is 7.12. The topological polar surface area (TPSA) is 45.2 Å². The maximum Gasteiger partial charge on any atom is 0.216 e. The largest absolute Gasteiger partial charge is 0.357 e. The van der Waals surface area contributed by atoms with Crippen molar-refractivity contribution in [1.29, 1.82) is 0 Å². The number of pyridine rings is 1. The number of anilines is 1. The number of carbonyl (C=O) groups excluding carboxylic acids is 1. The summed E-state index contributed by atoms with van der Waals surface area (Å²) >= 11 is 1.82. The molecule has 1 aliphatic rings. The zero-order chi connectivity index (χ0) is 14.4. The molecule has 0 aromatic carbocycles. The molecule has 20 heavy (non-hydrogen) atoms. The van der Waals surface area contributed by atoms with Crippen LogP contribution in [-0.4, -0.2) is 36.8 Å². The molecule has 0 spiro atoms. The van der Waals surface area contributed by atoms with E-state index in [1.807, 2.05) is 18.0 Å². The second-order valence-electron chi connectivity index (χ2n) is 5.33. The fraction of sp³-hybridized carbons (Fsp3) is 0.600. The van der Waals surface area contributed by atoms with Crippen molar-refractivity contribution in [1.82, 2.24) is 10.3 Å². The number of piperidine rings is 1. The van der Waals surface area contributed by atoms with Crippen LogP contribution >= 0.6 is 11.8 Å². The number of hydrogen-bond acceptors (Lipinski definition) is 4. The van der Waals surface area contributed by atoms with Crippen LogP contribution in [0.2, 0.25) is 0 Å². The molecular weight excluding hydrogens is 270 g/mol. The van der Waals surface area contributed by atoms with E-state index in [2.05, 4.69) is 33.6 Å². The minimum atomic E-state index is 0.0680. The highest BCUT2D eigenvalue weighted by Gasteiger charge is 2.20. The van der Waals surface area contributed by atoms with E-state index >= 15 is 0 Å². The first kappa shape index (κ1) is 15.2. The van der Waals surface area contributed by atoms with Gasteiger partial charge in [-0.2, -0.15) is 11.8 Å². The minimum Gasteiger partial charge on any atom is -0.357 e. The molecule has 0 bridgehead atoms. The third-order valence-electron chi connectivity index (χ3n) is 3.70. The van der Waals surface area contributed by atoms with Gasteiger partial charge in [-0.05, 0) is 36.6 Å². The summed E-state index contributed by atoms with van der Waals surface area (Å²) in [6, 6.07) is 4.29. The van der Waals surface area contributed by atoms with Gasteiger partial charge in [0.2, 0.25) is 5.91 Å². The molecule has 110 valence electrons. The second kappa shape index (κ2) is 7.53. The summed E-state index contributed by atoms with van der Waals surface area (Å²) in [5.74, 6) is 2.77. The fourth-order valence-corrected chi connectivity index (χ4v) is 3.01. The highest BCUT2D eigenvalue weighted by atomic mass is 32.2. The average molecular weight is 293 g/mol. The molecule has 1 aromatic rings. The molecule has 5 heteroatoms. The zero-order valence-electron chi connectivity index (χ0n) is 12.3. The lowest BCUT2D eigenvalue weighted by atomic mass is 9.97. The van der Waals surface area contributed by atoms with Crippen LogP contribution in [0.1, 0.15) is 25.3 Å². The molecule has 0 radical (unpaired) electrons. The SMILES string of the molecule is CSCc1ccc(N2CCC(CNC(C)=O)CC2)nc1. The van der Waals surface area contributed by atoms with Crippen LogP contribution in [0, 0.1) is 5.92 Å². The van der Waals surface area contributed by atoms with Crippen LogP contribution in [0.4, 0.5) is 5.82 Å². The summed E-state index contributed by atoms with van der Waals surface area (Å²) in [6.07, 6.45) is 6.33. The van der Waals surface area contributed by atoms with Gasteiger partial charge in [0, 0.05) is 38.5 Å². The predicted octanol–water partition coefficient (Wildman–Crippen LogP) is 2.30. The van der Waals surface area contributed by atoms with Gasteiger partial charge in [0.1, 0.15) is 5.82 Å². The van der Waals surface area contributed by atoms with Gasteiger partial charge < -0.3 is 10.2 Å². The Hall–Kier alpha value is -1.23. The predicted molar refractivity (Wildman–Crippen MR) is 85.1 cm³/mol. The highest BCUT2D eigenvalue weighted by molar-refractivity contribution is 7.97. The first-order chi connectivity index (χ1) is 9.69. The third kappa shape index (κ3) is 4.40. The molecule has 1 N–H and O–H groups in total. The van der Waals surface area contributed by atoms with Crippen molar-refractivity contribution >= 4 is 23.5 Å². The van der Waals surface area contributed by atoms with Crippen molar-refractivity contribution in [3.8, 4) is 0 Å². The Balaban J connectivity index is 1.82. The van der Waals surface area contributed by atoms with Gasteiger partial charge in [-0.25, -0.2) is 4.98 Å². The number of nitrogens with zero attached hydrogens (tertiary/aromatic N) is 2. The summed E-state index contributed by atoms with van der Waals surface area (Å²) in [5.41, 5.74) is 1.28. The van der Waals surface area contributed by atoms with Crippen molar-refractivity contribution in [2.45, 2.75) is 25.5 Å². The van der Waals surface area contributed by atoms with Gasteiger partial charge in [0.25, 0.3) is 0 Å². The summed E-state index contributed by atoms with van der Waals surface area (Å²) in [6.45, 7) is 4.44. The molecule has 0 unspecified atom stereocenters. The van der Waals surface area contributed by atoms with Gasteiger partial charge in [-0.1, -0.05) is 6.07 Å².